The molecule has 0 aliphatic heterocycles. The molecule has 17 heavy (non-hydrogen) atoms. The van der Waals surface area contributed by atoms with E-state index in [1.165, 1.54) is 0 Å². The number of fused-ring (bicyclic) bond motifs is 1. The van der Waals surface area contributed by atoms with Gasteiger partial charge in [0, 0.05) is 5.39 Å². The van der Waals surface area contributed by atoms with Crippen LogP contribution in [0.3, 0.4) is 0 Å². The molecule has 0 bridgehead atoms. The lowest BCUT2D eigenvalue weighted by Crippen LogP contribution is -1.85. The lowest BCUT2D eigenvalue weighted by Gasteiger charge is -2.00. The van der Waals surface area contributed by atoms with Crippen molar-refractivity contribution in [1.82, 2.24) is 0 Å². The van der Waals surface area contributed by atoms with E-state index >= 15 is 0 Å². The molecule has 1 aromatic carbocycles. The minimum absolute atomic E-state index is 0.717. The largest absolute Gasteiger partial charge is 0.464 e. The Labute approximate surface area is 104 Å². The first kappa shape index (κ1) is 15.2. The highest BCUT2D eigenvalue weighted by molar-refractivity contribution is 5.87. The Balaban J connectivity index is 0.000000581. The fraction of sp³-hybridized carbons (Fsp3) is 0.400. The molecule has 2 heteroatoms. The van der Waals surface area contributed by atoms with Gasteiger partial charge in [0.05, 0.1) is 11.8 Å². The van der Waals surface area contributed by atoms with Crippen molar-refractivity contribution >= 4 is 11.0 Å². The third-order valence-electron chi connectivity index (χ3n) is 2.23. The van der Waals surface area contributed by atoms with Gasteiger partial charge in [-0.15, -0.1) is 0 Å². The SMILES string of the molecule is CC.CC.Cc1cc(C)c2occc2c1C#N. The zero-order valence-corrected chi connectivity index (χ0v) is 11.6. The normalized spacial score (nSPS) is 8.53. The Morgan fingerprint density at radius 2 is 1.65 bits per heavy atom. The Hall–Kier alpha value is -1.75. The van der Waals surface area contributed by atoms with Crippen molar-refractivity contribution in [2.75, 3.05) is 0 Å². The van der Waals surface area contributed by atoms with Crippen molar-refractivity contribution in [1.29, 1.82) is 5.26 Å². The fourth-order valence-corrected chi connectivity index (χ4v) is 1.63. The van der Waals surface area contributed by atoms with Crippen LogP contribution in [-0.2, 0) is 0 Å². The summed E-state index contributed by atoms with van der Waals surface area (Å²) in [6.07, 6.45) is 1.62. The van der Waals surface area contributed by atoms with Crippen molar-refractivity contribution in [2.24, 2.45) is 0 Å². The average molecular weight is 231 g/mol. The van der Waals surface area contributed by atoms with Gasteiger partial charge in [-0.05, 0) is 31.0 Å². The fourth-order valence-electron chi connectivity index (χ4n) is 1.63. The Bertz CT molecular complexity index is 503. The molecule has 0 saturated carbocycles. The second-order valence-corrected chi connectivity index (χ2v) is 3.16. The number of hydrogen-bond donors (Lipinski definition) is 0. The molecule has 2 rings (SSSR count). The summed E-state index contributed by atoms with van der Waals surface area (Å²) in [4.78, 5) is 0. The summed E-state index contributed by atoms with van der Waals surface area (Å²) in [5, 5.41) is 9.85. The predicted molar refractivity (Wildman–Crippen MR) is 73.1 cm³/mol. The molecule has 0 atom stereocenters. The van der Waals surface area contributed by atoms with Gasteiger partial charge in [0.15, 0.2) is 0 Å². The van der Waals surface area contributed by atoms with Crippen LogP contribution >= 0.6 is 0 Å². The van der Waals surface area contributed by atoms with E-state index in [1.807, 2.05) is 53.7 Å². The molecule has 2 nitrogen and oxygen atoms in total. The van der Waals surface area contributed by atoms with E-state index in [0.29, 0.717) is 5.56 Å². The van der Waals surface area contributed by atoms with Gasteiger partial charge >= 0.3 is 0 Å². The number of benzene rings is 1. The van der Waals surface area contributed by atoms with E-state index in [1.54, 1.807) is 6.26 Å². The third kappa shape index (κ3) is 3.10. The summed E-state index contributed by atoms with van der Waals surface area (Å²) in [5.74, 6) is 0. The van der Waals surface area contributed by atoms with Crippen LogP contribution in [0.4, 0.5) is 0 Å². The Kier molecular flexibility index (Phi) is 6.74. The molecule has 92 valence electrons. The van der Waals surface area contributed by atoms with Gasteiger partial charge < -0.3 is 4.42 Å². The van der Waals surface area contributed by atoms with Crippen LogP contribution in [0.2, 0.25) is 0 Å². The number of furan rings is 1. The molecular weight excluding hydrogens is 210 g/mol. The molecule has 0 amide bonds. The van der Waals surface area contributed by atoms with E-state index in [4.69, 9.17) is 9.68 Å². The first-order valence-electron chi connectivity index (χ1n) is 6.11. The molecule has 1 aromatic heterocycles. The molecule has 0 aliphatic carbocycles. The van der Waals surface area contributed by atoms with E-state index in [9.17, 15) is 0 Å². The van der Waals surface area contributed by atoms with Gasteiger partial charge in [-0.1, -0.05) is 33.8 Å². The summed E-state index contributed by atoms with van der Waals surface area (Å²) < 4.78 is 5.30. The molecule has 0 N–H and O–H groups in total. The van der Waals surface area contributed by atoms with Crippen LogP contribution in [0.1, 0.15) is 44.4 Å². The molecule has 0 aliphatic rings. The smallest absolute Gasteiger partial charge is 0.138 e. The summed E-state index contributed by atoms with van der Waals surface area (Å²) in [7, 11) is 0. The highest BCUT2D eigenvalue weighted by Crippen LogP contribution is 2.25. The van der Waals surface area contributed by atoms with Gasteiger partial charge in [-0.25, -0.2) is 0 Å². The zero-order valence-electron chi connectivity index (χ0n) is 11.6. The average Bonchev–Trinajstić information content (AvgIpc) is 2.84. The van der Waals surface area contributed by atoms with Gasteiger partial charge in [-0.2, -0.15) is 5.26 Å². The molecular formula is C15H21NO. The second-order valence-electron chi connectivity index (χ2n) is 3.16. The maximum Gasteiger partial charge on any atom is 0.138 e. The lowest BCUT2D eigenvalue weighted by atomic mass is 10.0. The van der Waals surface area contributed by atoms with Crippen molar-refractivity contribution in [3.05, 3.63) is 35.1 Å². The first-order valence-corrected chi connectivity index (χ1v) is 6.11. The second kappa shape index (κ2) is 7.51. The Morgan fingerprint density at radius 3 is 2.18 bits per heavy atom. The quantitative estimate of drug-likeness (QED) is 0.641. The highest BCUT2D eigenvalue weighted by atomic mass is 16.3. The minimum Gasteiger partial charge on any atom is -0.464 e. The highest BCUT2D eigenvalue weighted by Gasteiger charge is 2.08. The monoisotopic (exact) mass is 231 g/mol. The molecule has 1 heterocycles. The van der Waals surface area contributed by atoms with Crippen LogP contribution in [0, 0.1) is 25.2 Å². The predicted octanol–water partition coefficient (Wildman–Crippen LogP) is 4.97. The molecule has 0 spiro atoms. The van der Waals surface area contributed by atoms with Crippen LogP contribution in [-0.4, -0.2) is 0 Å². The van der Waals surface area contributed by atoms with Gasteiger partial charge in [-0.3, -0.25) is 0 Å². The van der Waals surface area contributed by atoms with E-state index in [0.717, 1.165) is 22.1 Å². The standard InChI is InChI=1S/C11H9NO.2C2H6/c1-7-5-8(2)11-9(3-4-13-11)10(7)6-12;2*1-2/h3-5H,1-2H3;2*1-2H3. The molecule has 0 radical (unpaired) electrons. The van der Waals surface area contributed by atoms with Gasteiger partial charge in [0.2, 0.25) is 0 Å². The Morgan fingerprint density at radius 1 is 1.06 bits per heavy atom. The zero-order chi connectivity index (χ0) is 13.4. The maximum absolute atomic E-state index is 8.93. The molecule has 2 aromatic rings. The van der Waals surface area contributed by atoms with Crippen LogP contribution in [0.5, 0.6) is 0 Å². The molecule has 0 fully saturated rings. The van der Waals surface area contributed by atoms with E-state index in [2.05, 4.69) is 6.07 Å². The summed E-state index contributed by atoms with van der Waals surface area (Å²) in [5.41, 5.74) is 3.63. The first-order chi connectivity index (χ1) is 8.24. The van der Waals surface area contributed by atoms with E-state index in [-0.39, 0.29) is 0 Å². The van der Waals surface area contributed by atoms with Gasteiger partial charge in [0.1, 0.15) is 11.7 Å². The summed E-state index contributed by atoms with van der Waals surface area (Å²) >= 11 is 0. The van der Waals surface area contributed by atoms with E-state index < -0.39 is 0 Å². The van der Waals surface area contributed by atoms with Crippen molar-refractivity contribution in [2.45, 2.75) is 41.5 Å². The lowest BCUT2D eigenvalue weighted by molar-refractivity contribution is 0.613. The maximum atomic E-state index is 8.93. The third-order valence-corrected chi connectivity index (χ3v) is 2.23. The number of aryl methyl sites for hydroxylation is 2. The molecule has 0 unspecified atom stereocenters. The minimum atomic E-state index is 0.717. The number of hydrogen-bond acceptors (Lipinski definition) is 2. The van der Waals surface area contributed by atoms with Crippen LogP contribution < -0.4 is 0 Å². The number of rotatable bonds is 0. The van der Waals surface area contributed by atoms with Crippen molar-refractivity contribution < 1.29 is 4.42 Å². The topological polar surface area (TPSA) is 36.9 Å². The summed E-state index contributed by atoms with van der Waals surface area (Å²) in [6, 6.07) is 6.01. The van der Waals surface area contributed by atoms with Crippen molar-refractivity contribution in [3.8, 4) is 6.07 Å². The number of nitriles is 1. The molecule has 0 saturated heterocycles. The number of nitrogens with zero attached hydrogens (tertiary/aromatic N) is 1. The van der Waals surface area contributed by atoms with Crippen molar-refractivity contribution in [3.63, 3.8) is 0 Å². The van der Waals surface area contributed by atoms with Crippen LogP contribution in [0.15, 0.2) is 22.8 Å². The summed E-state index contributed by atoms with van der Waals surface area (Å²) in [6.45, 7) is 11.9. The van der Waals surface area contributed by atoms with Crippen LogP contribution in [0.25, 0.3) is 11.0 Å². The van der Waals surface area contributed by atoms with Gasteiger partial charge in [0.25, 0.3) is 0 Å².